The van der Waals surface area contributed by atoms with E-state index in [9.17, 15) is 14.4 Å². The number of fused-ring (bicyclic) bond motifs is 1. The molecule has 2 heterocycles. The molecule has 0 saturated heterocycles. The largest absolute Gasteiger partial charge is 0.497 e. The van der Waals surface area contributed by atoms with Gasteiger partial charge in [0.05, 0.1) is 13.7 Å². The van der Waals surface area contributed by atoms with Gasteiger partial charge in [0, 0.05) is 25.7 Å². The average Bonchev–Trinajstić information content (AvgIpc) is 3.09. The molecule has 3 amide bonds. The number of amides is 3. The number of likely N-dealkylation sites (N-methyl/N-ethyl adjacent to an activating group) is 1. The first-order valence-corrected chi connectivity index (χ1v) is 11.9. The van der Waals surface area contributed by atoms with Crippen LogP contribution >= 0.6 is 0 Å². The van der Waals surface area contributed by atoms with Crippen molar-refractivity contribution in [2.45, 2.75) is 70.1 Å². The van der Waals surface area contributed by atoms with E-state index in [4.69, 9.17) is 4.74 Å². The topological polar surface area (TPSA) is 106 Å². The number of hydrogen-bond acceptors (Lipinski definition) is 5. The standard InChI is InChI=1S/C25H33N5O4/c1-25(24(33)27-18-10-6-4-5-7-11-18)16-30-21(23(32)29(25)2)14-20(28-30)22(31)26-15-17-9-8-12-19(13-17)34-3/h8-9,12-14,18H,4-7,10-11,15-16H2,1-3H3,(H,26,31)(H,27,33)/t25-/m1/s1. The molecule has 1 atom stereocenters. The lowest BCUT2D eigenvalue weighted by molar-refractivity contribution is -0.133. The van der Waals surface area contributed by atoms with Crippen LogP contribution in [-0.4, -0.2) is 58.1 Å². The molecule has 9 heteroatoms. The van der Waals surface area contributed by atoms with Gasteiger partial charge in [-0.05, 0) is 37.5 Å². The van der Waals surface area contributed by atoms with Gasteiger partial charge in [-0.25, -0.2) is 0 Å². The van der Waals surface area contributed by atoms with Crippen molar-refractivity contribution in [2.24, 2.45) is 0 Å². The minimum atomic E-state index is -1.09. The molecule has 1 fully saturated rings. The molecule has 0 radical (unpaired) electrons. The lowest BCUT2D eigenvalue weighted by Gasteiger charge is -2.41. The Kier molecular flexibility index (Phi) is 6.90. The van der Waals surface area contributed by atoms with E-state index in [1.54, 1.807) is 21.1 Å². The fourth-order valence-electron chi connectivity index (χ4n) is 4.66. The first kappa shape index (κ1) is 23.8. The Labute approximate surface area is 199 Å². The van der Waals surface area contributed by atoms with Crippen LogP contribution in [0.5, 0.6) is 5.75 Å². The maximum Gasteiger partial charge on any atom is 0.272 e. The average molecular weight is 468 g/mol. The Bertz CT molecular complexity index is 1070. The van der Waals surface area contributed by atoms with E-state index >= 15 is 0 Å². The highest BCUT2D eigenvalue weighted by atomic mass is 16.5. The van der Waals surface area contributed by atoms with Crippen molar-refractivity contribution in [3.8, 4) is 5.75 Å². The minimum Gasteiger partial charge on any atom is -0.497 e. The molecule has 1 aromatic heterocycles. The molecule has 0 bridgehead atoms. The van der Waals surface area contributed by atoms with Gasteiger partial charge in [0.1, 0.15) is 17.0 Å². The first-order chi connectivity index (χ1) is 16.3. The summed E-state index contributed by atoms with van der Waals surface area (Å²) in [5, 5.41) is 10.4. The summed E-state index contributed by atoms with van der Waals surface area (Å²) in [6.45, 7) is 2.24. The van der Waals surface area contributed by atoms with Crippen LogP contribution in [0.25, 0.3) is 0 Å². The van der Waals surface area contributed by atoms with Crippen molar-refractivity contribution in [3.05, 3.63) is 47.3 Å². The molecule has 4 rings (SSSR count). The minimum absolute atomic E-state index is 0.132. The van der Waals surface area contributed by atoms with Gasteiger partial charge in [0.15, 0.2) is 5.69 Å². The summed E-state index contributed by atoms with van der Waals surface area (Å²) in [5.74, 6) is -0.187. The lowest BCUT2D eigenvalue weighted by atomic mass is 9.95. The highest BCUT2D eigenvalue weighted by molar-refractivity contribution is 6.01. The van der Waals surface area contributed by atoms with E-state index < -0.39 is 5.54 Å². The number of benzene rings is 1. The number of ether oxygens (including phenoxy) is 1. The number of aromatic nitrogens is 2. The maximum absolute atomic E-state index is 13.3. The number of carbonyl (C=O) groups excluding carboxylic acids is 3. The highest BCUT2D eigenvalue weighted by Gasteiger charge is 2.46. The van der Waals surface area contributed by atoms with Crippen molar-refractivity contribution >= 4 is 17.7 Å². The summed E-state index contributed by atoms with van der Waals surface area (Å²) < 4.78 is 6.69. The molecular weight excluding hydrogens is 434 g/mol. The van der Waals surface area contributed by atoms with E-state index in [0.717, 1.165) is 31.2 Å². The molecule has 1 saturated carbocycles. The van der Waals surface area contributed by atoms with Crippen LogP contribution in [-0.2, 0) is 17.9 Å². The second-order valence-corrected chi connectivity index (χ2v) is 9.41. The van der Waals surface area contributed by atoms with Gasteiger partial charge < -0.3 is 20.3 Å². The van der Waals surface area contributed by atoms with Crippen LogP contribution in [0.15, 0.2) is 30.3 Å². The van der Waals surface area contributed by atoms with Crippen LogP contribution in [0.4, 0.5) is 0 Å². The summed E-state index contributed by atoms with van der Waals surface area (Å²) in [4.78, 5) is 40.6. The Morgan fingerprint density at radius 3 is 2.62 bits per heavy atom. The smallest absolute Gasteiger partial charge is 0.272 e. The van der Waals surface area contributed by atoms with Gasteiger partial charge in [-0.15, -0.1) is 0 Å². The molecule has 1 aliphatic heterocycles. The second kappa shape index (κ2) is 9.87. The molecule has 2 aromatic rings. The predicted molar refractivity (Wildman–Crippen MR) is 127 cm³/mol. The van der Waals surface area contributed by atoms with Crippen molar-refractivity contribution < 1.29 is 19.1 Å². The monoisotopic (exact) mass is 467 g/mol. The quantitative estimate of drug-likeness (QED) is 0.635. The zero-order valence-corrected chi connectivity index (χ0v) is 20.1. The zero-order valence-electron chi connectivity index (χ0n) is 20.1. The van der Waals surface area contributed by atoms with Gasteiger partial charge in [-0.3, -0.25) is 19.1 Å². The third-order valence-electron chi connectivity index (χ3n) is 7.00. The van der Waals surface area contributed by atoms with Crippen molar-refractivity contribution in [2.75, 3.05) is 14.2 Å². The molecule has 1 aromatic carbocycles. The number of nitrogens with one attached hydrogen (secondary N) is 2. The first-order valence-electron chi connectivity index (χ1n) is 11.9. The van der Waals surface area contributed by atoms with E-state index in [2.05, 4.69) is 15.7 Å². The molecule has 34 heavy (non-hydrogen) atoms. The third kappa shape index (κ3) is 4.78. The number of nitrogens with zero attached hydrogens (tertiary/aromatic N) is 3. The second-order valence-electron chi connectivity index (χ2n) is 9.41. The van der Waals surface area contributed by atoms with E-state index in [0.29, 0.717) is 18.0 Å². The zero-order chi connectivity index (χ0) is 24.3. The molecule has 2 N–H and O–H groups in total. The molecule has 2 aliphatic rings. The number of carbonyl (C=O) groups is 3. The van der Waals surface area contributed by atoms with Crippen molar-refractivity contribution in [1.29, 1.82) is 0 Å². The third-order valence-corrected chi connectivity index (χ3v) is 7.00. The molecule has 0 unspecified atom stereocenters. The molecule has 9 nitrogen and oxygen atoms in total. The molecule has 1 aliphatic carbocycles. The van der Waals surface area contributed by atoms with Gasteiger partial charge in [0.25, 0.3) is 11.8 Å². The predicted octanol–water partition coefficient (Wildman–Crippen LogP) is 2.50. The number of hydrogen-bond donors (Lipinski definition) is 2. The van der Waals surface area contributed by atoms with E-state index in [1.165, 1.54) is 28.5 Å². The van der Waals surface area contributed by atoms with Gasteiger partial charge >= 0.3 is 0 Å². The van der Waals surface area contributed by atoms with E-state index in [1.807, 2.05) is 24.3 Å². The van der Waals surface area contributed by atoms with Gasteiger partial charge in [-0.1, -0.05) is 37.8 Å². The van der Waals surface area contributed by atoms with Gasteiger partial charge in [0.2, 0.25) is 5.91 Å². The summed E-state index contributed by atoms with van der Waals surface area (Å²) >= 11 is 0. The molecule has 182 valence electrons. The van der Waals surface area contributed by atoms with Crippen molar-refractivity contribution in [1.82, 2.24) is 25.3 Å². The Morgan fingerprint density at radius 2 is 1.91 bits per heavy atom. The van der Waals surface area contributed by atoms with Crippen LogP contribution in [0.3, 0.4) is 0 Å². The van der Waals surface area contributed by atoms with Crippen LogP contribution in [0, 0.1) is 0 Å². The Morgan fingerprint density at radius 1 is 1.18 bits per heavy atom. The Balaban J connectivity index is 1.46. The lowest BCUT2D eigenvalue weighted by Crippen LogP contribution is -2.63. The summed E-state index contributed by atoms with van der Waals surface area (Å²) in [7, 11) is 3.22. The molecular formula is C25H33N5O4. The fraction of sp³-hybridized carbons (Fsp3) is 0.520. The normalized spacial score (nSPS) is 20.9. The summed E-state index contributed by atoms with van der Waals surface area (Å²) in [6.07, 6.45) is 6.53. The van der Waals surface area contributed by atoms with Crippen LogP contribution in [0.2, 0.25) is 0 Å². The number of rotatable bonds is 6. The Hall–Kier alpha value is -3.36. The van der Waals surface area contributed by atoms with Crippen LogP contribution in [0.1, 0.15) is 72.0 Å². The number of methoxy groups -OCH3 is 1. The SMILES string of the molecule is COc1cccc(CNC(=O)c2cc3n(n2)C[C@](C)(C(=O)NC2CCCCCC2)N(C)C3=O)c1. The van der Waals surface area contributed by atoms with Crippen LogP contribution < -0.4 is 15.4 Å². The highest BCUT2D eigenvalue weighted by Crippen LogP contribution is 2.27. The molecule has 0 spiro atoms. The summed E-state index contributed by atoms with van der Waals surface area (Å²) in [6, 6.07) is 9.04. The van der Waals surface area contributed by atoms with E-state index in [-0.39, 0.29) is 36.0 Å². The fourth-order valence-corrected chi connectivity index (χ4v) is 4.66. The summed E-state index contributed by atoms with van der Waals surface area (Å²) in [5.41, 5.74) is 0.244. The van der Waals surface area contributed by atoms with Gasteiger partial charge in [-0.2, -0.15) is 5.10 Å². The maximum atomic E-state index is 13.3. The van der Waals surface area contributed by atoms with Crippen molar-refractivity contribution in [3.63, 3.8) is 0 Å².